The molecule has 3 nitrogen and oxygen atoms in total. The predicted molar refractivity (Wildman–Crippen MR) is 58.1 cm³/mol. The zero-order valence-electron chi connectivity index (χ0n) is 8.58. The number of rotatable bonds is 3. The minimum Gasteiger partial charge on any atom is -0.325 e. The molecule has 0 radical (unpaired) electrons. The van der Waals surface area contributed by atoms with Gasteiger partial charge in [0.25, 0.3) is 0 Å². The van der Waals surface area contributed by atoms with Crippen LogP contribution in [0.5, 0.6) is 0 Å². The number of amides is 1. The number of anilines is 1. The molecule has 0 bridgehead atoms. The van der Waals surface area contributed by atoms with E-state index in [4.69, 9.17) is 5.73 Å². The number of carbonyl (C=O) groups is 1. The minimum atomic E-state index is -0.420. The Bertz CT molecular complexity index is 306. The van der Waals surface area contributed by atoms with Crippen molar-refractivity contribution in [3.8, 4) is 0 Å². The lowest BCUT2D eigenvalue weighted by Gasteiger charge is -2.09. The molecular weight excluding hydrogens is 176 g/mol. The summed E-state index contributed by atoms with van der Waals surface area (Å²) in [5, 5.41) is 2.76. The molecule has 3 heteroatoms. The molecular formula is C11H16N2O. The Morgan fingerprint density at radius 2 is 2.00 bits per heavy atom. The van der Waals surface area contributed by atoms with Crippen molar-refractivity contribution in [3.63, 3.8) is 0 Å². The van der Waals surface area contributed by atoms with Crippen molar-refractivity contribution >= 4 is 11.6 Å². The lowest BCUT2D eigenvalue weighted by atomic mass is 10.2. The first kappa shape index (κ1) is 10.7. The van der Waals surface area contributed by atoms with E-state index in [1.54, 1.807) is 0 Å². The Morgan fingerprint density at radius 1 is 1.43 bits per heavy atom. The van der Waals surface area contributed by atoms with Gasteiger partial charge in [0.05, 0.1) is 6.04 Å². The van der Waals surface area contributed by atoms with Crippen LogP contribution in [0.15, 0.2) is 24.3 Å². The summed E-state index contributed by atoms with van der Waals surface area (Å²) < 4.78 is 0. The van der Waals surface area contributed by atoms with Gasteiger partial charge >= 0.3 is 0 Å². The van der Waals surface area contributed by atoms with Crippen LogP contribution < -0.4 is 11.1 Å². The third-order valence-corrected chi connectivity index (χ3v) is 2.10. The van der Waals surface area contributed by atoms with Gasteiger partial charge in [0.2, 0.25) is 5.91 Å². The molecule has 0 aliphatic rings. The zero-order valence-corrected chi connectivity index (χ0v) is 8.58. The van der Waals surface area contributed by atoms with E-state index in [2.05, 4.69) is 5.32 Å². The summed E-state index contributed by atoms with van der Waals surface area (Å²) in [7, 11) is 0. The molecule has 1 aromatic carbocycles. The molecule has 0 fully saturated rings. The minimum absolute atomic E-state index is 0.128. The van der Waals surface area contributed by atoms with Gasteiger partial charge in [-0.05, 0) is 25.5 Å². The van der Waals surface area contributed by atoms with Gasteiger partial charge in [-0.3, -0.25) is 4.79 Å². The fraction of sp³-hybridized carbons (Fsp3) is 0.364. The Hall–Kier alpha value is -1.35. The lowest BCUT2D eigenvalue weighted by Crippen LogP contribution is -2.34. The molecule has 0 saturated carbocycles. The monoisotopic (exact) mass is 192 g/mol. The zero-order chi connectivity index (χ0) is 10.6. The summed E-state index contributed by atoms with van der Waals surface area (Å²) >= 11 is 0. The third kappa shape index (κ3) is 2.85. The Balaban J connectivity index is 2.60. The molecule has 0 heterocycles. The first-order valence-corrected chi connectivity index (χ1v) is 4.76. The van der Waals surface area contributed by atoms with Crippen molar-refractivity contribution in [1.29, 1.82) is 0 Å². The second-order valence-electron chi connectivity index (χ2n) is 3.37. The van der Waals surface area contributed by atoms with E-state index >= 15 is 0 Å². The van der Waals surface area contributed by atoms with Gasteiger partial charge in [-0.15, -0.1) is 0 Å². The smallest absolute Gasteiger partial charge is 0.241 e. The number of carbonyl (C=O) groups excluding carboxylic acids is 1. The van der Waals surface area contributed by atoms with Crippen molar-refractivity contribution in [2.24, 2.45) is 5.73 Å². The highest BCUT2D eigenvalue weighted by atomic mass is 16.2. The lowest BCUT2D eigenvalue weighted by molar-refractivity contribution is -0.117. The first-order valence-electron chi connectivity index (χ1n) is 4.76. The van der Waals surface area contributed by atoms with Crippen LogP contribution in [-0.2, 0) is 4.79 Å². The van der Waals surface area contributed by atoms with E-state index in [1.807, 2.05) is 38.1 Å². The van der Waals surface area contributed by atoms with Gasteiger partial charge < -0.3 is 11.1 Å². The molecule has 1 amide bonds. The Labute approximate surface area is 84.3 Å². The maximum Gasteiger partial charge on any atom is 0.241 e. The second kappa shape index (κ2) is 4.77. The SMILES string of the molecule is CC[C@H](N)C(=O)Nc1ccc(C)cc1. The molecule has 0 spiro atoms. The largest absolute Gasteiger partial charge is 0.325 e. The van der Waals surface area contributed by atoms with Crippen LogP contribution in [0, 0.1) is 6.92 Å². The number of hydrogen-bond acceptors (Lipinski definition) is 2. The molecule has 0 unspecified atom stereocenters. The molecule has 1 atom stereocenters. The van der Waals surface area contributed by atoms with Crippen molar-refractivity contribution in [2.45, 2.75) is 26.3 Å². The molecule has 0 saturated heterocycles. The molecule has 1 aromatic rings. The van der Waals surface area contributed by atoms with Crippen molar-refractivity contribution in [1.82, 2.24) is 0 Å². The Kier molecular flexibility index (Phi) is 3.65. The summed E-state index contributed by atoms with van der Waals surface area (Å²) in [6, 6.07) is 7.22. The van der Waals surface area contributed by atoms with E-state index in [0.717, 1.165) is 5.69 Å². The fourth-order valence-electron chi connectivity index (χ4n) is 1.06. The van der Waals surface area contributed by atoms with Gasteiger partial charge in [0.15, 0.2) is 0 Å². The summed E-state index contributed by atoms with van der Waals surface area (Å²) in [4.78, 5) is 11.4. The number of nitrogens with one attached hydrogen (secondary N) is 1. The van der Waals surface area contributed by atoms with Gasteiger partial charge in [0.1, 0.15) is 0 Å². The van der Waals surface area contributed by atoms with E-state index in [0.29, 0.717) is 6.42 Å². The molecule has 3 N–H and O–H groups in total. The summed E-state index contributed by atoms with van der Waals surface area (Å²) in [5.74, 6) is -0.128. The van der Waals surface area contributed by atoms with Crippen LogP contribution in [0.4, 0.5) is 5.69 Å². The Morgan fingerprint density at radius 3 is 2.50 bits per heavy atom. The highest BCUT2D eigenvalue weighted by Crippen LogP contribution is 2.08. The highest BCUT2D eigenvalue weighted by molar-refractivity contribution is 5.94. The van der Waals surface area contributed by atoms with E-state index in [9.17, 15) is 4.79 Å². The van der Waals surface area contributed by atoms with Crippen molar-refractivity contribution < 1.29 is 4.79 Å². The topological polar surface area (TPSA) is 55.1 Å². The van der Waals surface area contributed by atoms with Crippen LogP contribution in [0.25, 0.3) is 0 Å². The normalized spacial score (nSPS) is 12.2. The van der Waals surface area contributed by atoms with E-state index < -0.39 is 6.04 Å². The van der Waals surface area contributed by atoms with E-state index in [1.165, 1.54) is 5.56 Å². The van der Waals surface area contributed by atoms with Crippen LogP contribution in [0.1, 0.15) is 18.9 Å². The van der Waals surface area contributed by atoms with Crippen molar-refractivity contribution in [2.75, 3.05) is 5.32 Å². The number of aryl methyl sites for hydroxylation is 1. The summed E-state index contributed by atoms with van der Waals surface area (Å²) in [5.41, 5.74) is 7.55. The average Bonchev–Trinajstić information content (AvgIpc) is 2.20. The fourth-order valence-corrected chi connectivity index (χ4v) is 1.06. The summed E-state index contributed by atoms with van der Waals surface area (Å²) in [6.45, 7) is 3.89. The van der Waals surface area contributed by atoms with Crippen LogP contribution in [-0.4, -0.2) is 11.9 Å². The third-order valence-electron chi connectivity index (χ3n) is 2.10. The first-order chi connectivity index (χ1) is 6.63. The average molecular weight is 192 g/mol. The van der Waals surface area contributed by atoms with Crippen molar-refractivity contribution in [3.05, 3.63) is 29.8 Å². The number of hydrogen-bond donors (Lipinski definition) is 2. The van der Waals surface area contributed by atoms with Crippen LogP contribution in [0.3, 0.4) is 0 Å². The number of nitrogens with two attached hydrogens (primary N) is 1. The number of benzene rings is 1. The standard InChI is InChI=1S/C11H16N2O/c1-3-10(12)11(14)13-9-6-4-8(2)5-7-9/h4-7,10H,3,12H2,1-2H3,(H,13,14)/t10-/m0/s1. The quantitative estimate of drug-likeness (QED) is 0.765. The summed E-state index contributed by atoms with van der Waals surface area (Å²) in [6.07, 6.45) is 0.650. The molecule has 76 valence electrons. The molecule has 0 aliphatic heterocycles. The highest BCUT2D eigenvalue weighted by Gasteiger charge is 2.10. The molecule has 14 heavy (non-hydrogen) atoms. The van der Waals surface area contributed by atoms with Gasteiger partial charge in [-0.2, -0.15) is 0 Å². The van der Waals surface area contributed by atoms with Gasteiger partial charge in [-0.1, -0.05) is 24.6 Å². The van der Waals surface area contributed by atoms with Gasteiger partial charge in [-0.25, -0.2) is 0 Å². The maximum atomic E-state index is 11.4. The van der Waals surface area contributed by atoms with Crippen LogP contribution >= 0.6 is 0 Å². The van der Waals surface area contributed by atoms with E-state index in [-0.39, 0.29) is 5.91 Å². The molecule has 0 aliphatic carbocycles. The van der Waals surface area contributed by atoms with Crippen LogP contribution in [0.2, 0.25) is 0 Å². The van der Waals surface area contributed by atoms with Gasteiger partial charge in [0, 0.05) is 5.69 Å². The predicted octanol–water partition coefficient (Wildman–Crippen LogP) is 1.67. The molecule has 1 rings (SSSR count). The molecule has 0 aromatic heterocycles. The second-order valence-corrected chi connectivity index (χ2v) is 3.37. The maximum absolute atomic E-state index is 11.4.